The van der Waals surface area contributed by atoms with E-state index in [4.69, 9.17) is 0 Å². The topological polar surface area (TPSA) is 60.4 Å². The first-order valence-electron chi connectivity index (χ1n) is 7.99. The SMILES string of the molecule is CC/C=C\C/C=C\C/C=C\CCCC(O)CCCC(=O)[O-].[Na+]. The second-order valence-corrected chi connectivity index (χ2v) is 5.14. The average Bonchev–Trinajstić information content (AvgIpc) is 2.44. The van der Waals surface area contributed by atoms with E-state index in [-0.39, 0.29) is 42.1 Å². The predicted octanol–water partition coefficient (Wildman–Crippen LogP) is 0.301. The third-order valence-electron chi connectivity index (χ3n) is 3.11. The molecule has 1 unspecified atom stereocenters. The van der Waals surface area contributed by atoms with E-state index in [1.165, 1.54) is 0 Å². The van der Waals surface area contributed by atoms with Crippen molar-refractivity contribution in [2.24, 2.45) is 0 Å². The van der Waals surface area contributed by atoms with Crippen molar-refractivity contribution in [3.8, 4) is 0 Å². The van der Waals surface area contributed by atoms with Crippen molar-refractivity contribution >= 4 is 5.97 Å². The van der Waals surface area contributed by atoms with Gasteiger partial charge in [0.15, 0.2) is 0 Å². The van der Waals surface area contributed by atoms with Gasteiger partial charge < -0.3 is 15.0 Å². The Hall–Kier alpha value is -0.350. The number of carbonyl (C=O) groups is 1. The summed E-state index contributed by atoms with van der Waals surface area (Å²) in [5.74, 6) is -1.04. The summed E-state index contributed by atoms with van der Waals surface area (Å²) >= 11 is 0. The fraction of sp³-hybridized carbons (Fsp3) is 0.611. The molecule has 0 fully saturated rings. The van der Waals surface area contributed by atoms with Gasteiger partial charge in [0.05, 0.1) is 6.10 Å². The van der Waals surface area contributed by atoms with Crippen LogP contribution in [0.1, 0.15) is 64.7 Å². The molecular weight excluding hydrogens is 287 g/mol. The second kappa shape index (κ2) is 18.7. The summed E-state index contributed by atoms with van der Waals surface area (Å²) in [4.78, 5) is 10.2. The summed E-state index contributed by atoms with van der Waals surface area (Å²) in [5, 5.41) is 19.9. The van der Waals surface area contributed by atoms with E-state index < -0.39 is 5.97 Å². The van der Waals surface area contributed by atoms with Crippen molar-refractivity contribution in [3.05, 3.63) is 36.5 Å². The van der Waals surface area contributed by atoms with Crippen molar-refractivity contribution in [1.29, 1.82) is 0 Å². The number of rotatable bonds is 13. The molecule has 0 radical (unpaired) electrons. The van der Waals surface area contributed by atoms with Crippen LogP contribution in [0.25, 0.3) is 0 Å². The Morgan fingerprint density at radius 1 is 1.00 bits per heavy atom. The first-order chi connectivity index (χ1) is 10.2. The molecule has 3 nitrogen and oxygen atoms in total. The van der Waals surface area contributed by atoms with Gasteiger partial charge in [-0.1, -0.05) is 43.4 Å². The minimum Gasteiger partial charge on any atom is -0.550 e. The molecule has 4 heteroatoms. The van der Waals surface area contributed by atoms with Gasteiger partial charge in [-0.15, -0.1) is 0 Å². The Bertz CT molecular complexity index is 335. The Labute approximate surface area is 157 Å². The van der Waals surface area contributed by atoms with Gasteiger partial charge in [0, 0.05) is 5.97 Å². The first kappa shape index (κ1) is 23.9. The van der Waals surface area contributed by atoms with Gasteiger partial charge in [0.25, 0.3) is 0 Å². The van der Waals surface area contributed by atoms with E-state index in [0.29, 0.717) is 12.8 Å². The second-order valence-electron chi connectivity index (χ2n) is 5.14. The zero-order chi connectivity index (χ0) is 15.8. The van der Waals surface area contributed by atoms with E-state index in [9.17, 15) is 15.0 Å². The number of hydrogen-bond acceptors (Lipinski definition) is 3. The summed E-state index contributed by atoms with van der Waals surface area (Å²) in [5.41, 5.74) is 0. The van der Waals surface area contributed by atoms with E-state index >= 15 is 0 Å². The van der Waals surface area contributed by atoms with Crippen molar-refractivity contribution < 1.29 is 44.6 Å². The summed E-state index contributed by atoms with van der Waals surface area (Å²) in [7, 11) is 0. The maximum absolute atomic E-state index is 10.2. The molecule has 0 bridgehead atoms. The van der Waals surface area contributed by atoms with Crippen molar-refractivity contribution in [2.75, 3.05) is 0 Å². The fourth-order valence-electron chi connectivity index (χ4n) is 1.92. The van der Waals surface area contributed by atoms with E-state index in [2.05, 4.69) is 43.4 Å². The molecule has 0 saturated heterocycles. The van der Waals surface area contributed by atoms with E-state index in [0.717, 1.165) is 38.5 Å². The van der Waals surface area contributed by atoms with Crippen LogP contribution in [0.5, 0.6) is 0 Å². The molecule has 0 aromatic rings. The molecule has 0 aromatic heterocycles. The molecule has 22 heavy (non-hydrogen) atoms. The van der Waals surface area contributed by atoms with Crippen LogP contribution in [-0.4, -0.2) is 17.2 Å². The number of aliphatic carboxylic acids is 1. The molecule has 120 valence electrons. The molecule has 0 aliphatic rings. The molecule has 0 spiro atoms. The number of aliphatic hydroxyl groups excluding tert-OH is 1. The van der Waals surface area contributed by atoms with Gasteiger partial charge in [-0.25, -0.2) is 0 Å². The summed E-state index contributed by atoms with van der Waals surface area (Å²) < 4.78 is 0. The Morgan fingerprint density at radius 2 is 1.55 bits per heavy atom. The zero-order valence-electron chi connectivity index (χ0n) is 14.2. The van der Waals surface area contributed by atoms with Gasteiger partial charge in [0.1, 0.15) is 0 Å². The van der Waals surface area contributed by atoms with Crippen LogP contribution < -0.4 is 34.7 Å². The predicted molar refractivity (Wildman–Crippen MR) is 85.7 cm³/mol. The minimum absolute atomic E-state index is 0. The number of carboxylic acids is 1. The van der Waals surface area contributed by atoms with Crippen LogP contribution in [0.15, 0.2) is 36.5 Å². The standard InChI is InChI=1S/C18H30O3.Na/c1-2-3-4-5-6-7-8-9-10-11-12-14-17(19)15-13-16-18(20)21;/h3-4,6-7,9-10,17,19H,2,5,8,11-16H2,1H3,(H,20,21);/q;+1/p-1/b4-3-,7-6-,10-9-;. The molecule has 0 aromatic carbocycles. The summed E-state index contributed by atoms with van der Waals surface area (Å²) in [6.07, 6.45) is 19.3. The van der Waals surface area contributed by atoms with Crippen LogP contribution in [0.4, 0.5) is 0 Å². The van der Waals surface area contributed by atoms with Crippen LogP contribution in [-0.2, 0) is 4.79 Å². The van der Waals surface area contributed by atoms with Gasteiger partial charge in [0.2, 0.25) is 0 Å². The smallest absolute Gasteiger partial charge is 0.550 e. The monoisotopic (exact) mass is 316 g/mol. The number of hydrogen-bond donors (Lipinski definition) is 1. The van der Waals surface area contributed by atoms with Crippen LogP contribution in [0.2, 0.25) is 0 Å². The van der Waals surface area contributed by atoms with E-state index in [1.807, 2.05) is 0 Å². The molecule has 0 aliphatic carbocycles. The molecule has 1 N–H and O–H groups in total. The van der Waals surface area contributed by atoms with Gasteiger partial charge >= 0.3 is 29.6 Å². The van der Waals surface area contributed by atoms with Crippen molar-refractivity contribution in [1.82, 2.24) is 0 Å². The largest absolute Gasteiger partial charge is 1.00 e. The van der Waals surface area contributed by atoms with Crippen molar-refractivity contribution in [3.63, 3.8) is 0 Å². The van der Waals surface area contributed by atoms with E-state index in [1.54, 1.807) is 0 Å². The number of unbranched alkanes of at least 4 members (excludes halogenated alkanes) is 1. The Kier molecular flexibility index (Phi) is 20.3. The van der Waals surface area contributed by atoms with Gasteiger partial charge in [-0.3, -0.25) is 0 Å². The Morgan fingerprint density at radius 3 is 2.14 bits per heavy atom. The van der Waals surface area contributed by atoms with Crippen LogP contribution in [0.3, 0.4) is 0 Å². The normalized spacial score (nSPS) is 13.0. The number of carbonyl (C=O) groups excluding carboxylic acids is 1. The van der Waals surface area contributed by atoms with Crippen LogP contribution in [0, 0.1) is 0 Å². The Balaban J connectivity index is 0. The zero-order valence-corrected chi connectivity index (χ0v) is 16.2. The molecule has 0 saturated carbocycles. The summed E-state index contributed by atoms with van der Waals surface area (Å²) in [6.45, 7) is 2.13. The average molecular weight is 316 g/mol. The fourth-order valence-corrected chi connectivity index (χ4v) is 1.92. The maximum Gasteiger partial charge on any atom is 1.00 e. The van der Waals surface area contributed by atoms with Crippen LogP contribution >= 0.6 is 0 Å². The van der Waals surface area contributed by atoms with Gasteiger partial charge in [-0.2, -0.15) is 0 Å². The minimum atomic E-state index is -1.04. The molecule has 0 rings (SSSR count). The number of aliphatic hydroxyl groups is 1. The third-order valence-corrected chi connectivity index (χ3v) is 3.11. The molecular formula is C18H29NaO3. The molecule has 0 amide bonds. The first-order valence-corrected chi connectivity index (χ1v) is 7.99. The maximum atomic E-state index is 10.2. The number of allylic oxidation sites excluding steroid dienone is 6. The molecule has 0 aliphatic heterocycles. The van der Waals surface area contributed by atoms with Crippen molar-refractivity contribution in [2.45, 2.75) is 70.8 Å². The van der Waals surface area contributed by atoms with Gasteiger partial charge in [-0.05, 0) is 57.8 Å². The molecule has 0 heterocycles. The third kappa shape index (κ3) is 19.7. The quantitative estimate of drug-likeness (QED) is 0.302. The summed E-state index contributed by atoms with van der Waals surface area (Å²) in [6, 6.07) is 0. The number of carboxylic acid groups (broad SMARTS) is 1. The molecule has 1 atom stereocenters.